The van der Waals surface area contributed by atoms with Crippen LogP contribution in [0, 0.1) is 13.8 Å². The predicted molar refractivity (Wildman–Crippen MR) is 131 cm³/mol. The van der Waals surface area contributed by atoms with Crippen molar-refractivity contribution in [3.63, 3.8) is 0 Å². The fourth-order valence-corrected chi connectivity index (χ4v) is 3.60. The molecule has 0 amide bonds. The second kappa shape index (κ2) is 9.52. The zero-order valence-electron chi connectivity index (χ0n) is 18.2. The highest BCUT2D eigenvalue weighted by atomic mass is 32.1. The van der Waals surface area contributed by atoms with Crippen molar-refractivity contribution in [2.75, 3.05) is 5.32 Å². The van der Waals surface area contributed by atoms with E-state index in [2.05, 4.69) is 25.7 Å². The molecule has 4 aromatic rings. The van der Waals surface area contributed by atoms with Gasteiger partial charge in [0.05, 0.1) is 23.6 Å². The van der Waals surface area contributed by atoms with E-state index in [-0.39, 0.29) is 5.75 Å². The summed E-state index contributed by atoms with van der Waals surface area (Å²) in [7, 11) is 0. The Morgan fingerprint density at radius 2 is 1.76 bits per heavy atom. The predicted octanol–water partition coefficient (Wildman–Crippen LogP) is 5.86. The fourth-order valence-electron chi connectivity index (χ4n) is 3.45. The van der Waals surface area contributed by atoms with Gasteiger partial charge in [-0.1, -0.05) is 24.3 Å². The number of nitrogens with one attached hydrogen (secondary N) is 2. The number of aryl methyl sites for hydroxylation is 2. The molecule has 2 N–H and O–H groups in total. The molecule has 1 aromatic heterocycles. The summed E-state index contributed by atoms with van der Waals surface area (Å²) in [6, 6.07) is 17.1. The SMILES string of the molecule is Cc1cccc(C)c1NC(=S)N/N=C/c1ccc2c(cnn2-c2ccc(OC(F)(F)F)cc2)c1. The lowest BCUT2D eigenvalue weighted by Gasteiger charge is -2.12. The van der Waals surface area contributed by atoms with E-state index in [0.717, 1.165) is 33.3 Å². The summed E-state index contributed by atoms with van der Waals surface area (Å²) in [5.41, 5.74) is 8.14. The molecule has 0 aliphatic carbocycles. The number of ether oxygens (including phenoxy) is 1. The topological polar surface area (TPSA) is 63.5 Å². The number of rotatable bonds is 5. The van der Waals surface area contributed by atoms with Gasteiger partial charge in [0.25, 0.3) is 0 Å². The quantitative estimate of drug-likeness (QED) is 0.211. The van der Waals surface area contributed by atoms with Crippen LogP contribution in [0.1, 0.15) is 16.7 Å². The van der Waals surface area contributed by atoms with E-state index in [1.807, 2.05) is 50.2 Å². The number of nitrogens with zero attached hydrogens (tertiary/aromatic N) is 3. The molecular formula is C24H20F3N5OS. The van der Waals surface area contributed by atoms with Gasteiger partial charge in [-0.15, -0.1) is 13.2 Å². The minimum atomic E-state index is -4.73. The van der Waals surface area contributed by atoms with Gasteiger partial charge in [-0.3, -0.25) is 5.43 Å². The first-order valence-electron chi connectivity index (χ1n) is 10.2. The molecule has 3 aromatic carbocycles. The zero-order valence-corrected chi connectivity index (χ0v) is 19.0. The number of hydrogen-bond acceptors (Lipinski definition) is 4. The molecule has 174 valence electrons. The van der Waals surface area contributed by atoms with Gasteiger partial charge in [0.2, 0.25) is 0 Å². The average molecular weight is 484 g/mol. The summed E-state index contributed by atoms with van der Waals surface area (Å²) in [6.07, 6.45) is -1.42. The number of aromatic nitrogens is 2. The number of hydrogen-bond donors (Lipinski definition) is 2. The minimum Gasteiger partial charge on any atom is -0.406 e. The van der Waals surface area contributed by atoms with Crippen LogP contribution in [0.15, 0.2) is 72.0 Å². The summed E-state index contributed by atoms with van der Waals surface area (Å²) >= 11 is 5.32. The van der Waals surface area contributed by atoms with Crippen LogP contribution in [0.2, 0.25) is 0 Å². The molecule has 0 fully saturated rings. The van der Waals surface area contributed by atoms with Gasteiger partial charge in [0.1, 0.15) is 5.75 Å². The Kier molecular flexibility index (Phi) is 6.51. The van der Waals surface area contributed by atoms with Crippen molar-refractivity contribution in [2.45, 2.75) is 20.2 Å². The number of fused-ring (bicyclic) bond motifs is 1. The molecule has 10 heteroatoms. The summed E-state index contributed by atoms with van der Waals surface area (Å²) < 4.78 is 42.6. The summed E-state index contributed by atoms with van der Waals surface area (Å²) in [5, 5.41) is 12.9. The Balaban J connectivity index is 1.44. The number of para-hydroxylation sites is 1. The number of alkyl halides is 3. The second-order valence-electron chi connectivity index (χ2n) is 7.51. The Labute approximate surface area is 199 Å². The molecule has 4 rings (SSSR count). The number of benzene rings is 3. The Morgan fingerprint density at radius 3 is 2.44 bits per heavy atom. The van der Waals surface area contributed by atoms with Gasteiger partial charge >= 0.3 is 6.36 Å². The Hall–Kier alpha value is -3.92. The standard InChI is InChI=1S/C24H20F3N5OS/c1-15-4-3-5-16(2)22(15)30-23(34)31-28-13-17-6-11-21-18(12-17)14-29-32(21)19-7-9-20(10-8-19)33-24(25,26)27/h3-14H,1-2H3,(H2,30,31,34)/b28-13+. The zero-order chi connectivity index (χ0) is 24.3. The van der Waals surface area contributed by atoms with E-state index < -0.39 is 6.36 Å². The summed E-state index contributed by atoms with van der Waals surface area (Å²) in [5.74, 6) is -0.288. The van der Waals surface area contributed by atoms with E-state index in [4.69, 9.17) is 12.2 Å². The summed E-state index contributed by atoms with van der Waals surface area (Å²) in [6.45, 7) is 4.00. The van der Waals surface area contributed by atoms with Crippen LogP contribution in [0.3, 0.4) is 0 Å². The molecule has 0 radical (unpaired) electrons. The first kappa shape index (κ1) is 23.2. The van der Waals surface area contributed by atoms with E-state index in [9.17, 15) is 13.2 Å². The van der Waals surface area contributed by atoms with E-state index in [1.54, 1.807) is 17.1 Å². The van der Waals surface area contributed by atoms with Crippen LogP contribution >= 0.6 is 12.2 Å². The van der Waals surface area contributed by atoms with Crippen LogP contribution in [0.25, 0.3) is 16.6 Å². The van der Waals surface area contributed by atoms with Gasteiger partial charge < -0.3 is 10.1 Å². The summed E-state index contributed by atoms with van der Waals surface area (Å²) in [4.78, 5) is 0. The molecule has 0 bridgehead atoms. The third-order valence-corrected chi connectivity index (χ3v) is 5.20. The Morgan fingerprint density at radius 1 is 1.06 bits per heavy atom. The van der Waals surface area contributed by atoms with Crippen molar-refractivity contribution < 1.29 is 17.9 Å². The van der Waals surface area contributed by atoms with E-state index in [1.165, 1.54) is 24.3 Å². The number of halogens is 3. The smallest absolute Gasteiger partial charge is 0.406 e. The van der Waals surface area contributed by atoms with Crippen molar-refractivity contribution >= 4 is 40.1 Å². The van der Waals surface area contributed by atoms with E-state index >= 15 is 0 Å². The maximum atomic E-state index is 12.4. The number of hydrazone groups is 1. The first-order valence-corrected chi connectivity index (χ1v) is 10.6. The van der Waals surface area contributed by atoms with Crippen LogP contribution in [-0.2, 0) is 0 Å². The molecule has 0 unspecified atom stereocenters. The van der Waals surface area contributed by atoms with Crippen molar-refractivity contribution in [1.29, 1.82) is 0 Å². The highest BCUT2D eigenvalue weighted by Gasteiger charge is 2.31. The molecule has 0 atom stereocenters. The number of thiocarbonyl (C=S) groups is 1. The monoisotopic (exact) mass is 483 g/mol. The van der Waals surface area contributed by atoms with Crippen molar-refractivity contribution in [3.8, 4) is 11.4 Å². The van der Waals surface area contributed by atoms with Gasteiger partial charge in [-0.25, -0.2) is 4.68 Å². The fraction of sp³-hybridized carbons (Fsp3) is 0.125. The van der Waals surface area contributed by atoms with Gasteiger partial charge in [-0.05, 0) is 79.2 Å². The molecule has 34 heavy (non-hydrogen) atoms. The maximum Gasteiger partial charge on any atom is 0.573 e. The maximum absolute atomic E-state index is 12.4. The highest BCUT2D eigenvalue weighted by molar-refractivity contribution is 7.80. The normalized spacial score (nSPS) is 11.7. The Bertz CT molecular complexity index is 1340. The average Bonchev–Trinajstić information content (AvgIpc) is 3.19. The van der Waals surface area contributed by atoms with Gasteiger partial charge in [-0.2, -0.15) is 10.2 Å². The highest BCUT2D eigenvalue weighted by Crippen LogP contribution is 2.25. The molecule has 0 saturated heterocycles. The molecular weight excluding hydrogens is 463 g/mol. The third-order valence-electron chi connectivity index (χ3n) is 5.01. The van der Waals surface area contributed by atoms with E-state index in [0.29, 0.717) is 10.8 Å². The molecule has 6 nitrogen and oxygen atoms in total. The first-order chi connectivity index (χ1) is 16.2. The minimum absolute atomic E-state index is 0.288. The van der Waals surface area contributed by atoms with Crippen LogP contribution < -0.4 is 15.5 Å². The lowest BCUT2D eigenvalue weighted by molar-refractivity contribution is -0.274. The third kappa shape index (κ3) is 5.52. The van der Waals surface area contributed by atoms with Crippen LogP contribution in [-0.4, -0.2) is 27.5 Å². The lowest BCUT2D eigenvalue weighted by atomic mass is 10.1. The van der Waals surface area contributed by atoms with Crippen LogP contribution in [0.4, 0.5) is 18.9 Å². The number of anilines is 1. The van der Waals surface area contributed by atoms with Crippen molar-refractivity contribution in [3.05, 3.63) is 83.6 Å². The second-order valence-corrected chi connectivity index (χ2v) is 7.92. The lowest BCUT2D eigenvalue weighted by Crippen LogP contribution is -2.24. The van der Waals surface area contributed by atoms with Crippen LogP contribution in [0.5, 0.6) is 5.75 Å². The van der Waals surface area contributed by atoms with Gasteiger partial charge in [0.15, 0.2) is 5.11 Å². The molecule has 0 saturated carbocycles. The van der Waals surface area contributed by atoms with Crippen molar-refractivity contribution in [1.82, 2.24) is 15.2 Å². The molecule has 0 aliphatic heterocycles. The molecule has 0 aliphatic rings. The molecule has 0 spiro atoms. The largest absolute Gasteiger partial charge is 0.573 e. The molecule has 1 heterocycles. The van der Waals surface area contributed by atoms with Gasteiger partial charge in [0, 0.05) is 11.1 Å². The van der Waals surface area contributed by atoms with Crippen molar-refractivity contribution in [2.24, 2.45) is 5.10 Å².